The average Bonchev–Trinajstić information content (AvgIpc) is 3.48. The molecule has 6 N–H and O–H groups in total. The van der Waals surface area contributed by atoms with Crippen LogP contribution in [0.15, 0.2) is 54.2 Å². The lowest BCUT2D eigenvalue weighted by Crippen LogP contribution is -2.46. The number of carbonyl (C=O) groups is 1. The van der Waals surface area contributed by atoms with Crippen LogP contribution in [0.2, 0.25) is 0 Å². The van der Waals surface area contributed by atoms with Crippen LogP contribution >= 0.6 is 0 Å². The monoisotopic (exact) mass is 654 g/mol. The van der Waals surface area contributed by atoms with E-state index in [-0.39, 0.29) is 46.8 Å². The number of aryl methyl sites for hydroxylation is 1. The molecule has 1 aromatic heterocycles. The van der Waals surface area contributed by atoms with Crippen molar-refractivity contribution in [2.24, 2.45) is 10.7 Å². The smallest absolute Gasteiger partial charge is 0.382 e. The van der Waals surface area contributed by atoms with Gasteiger partial charge in [-0.3, -0.25) is 4.79 Å². The number of piperazine rings is 1. The number of nitrogens with zero attached hydrogens (tertiary/aromatic N) is 6. The number of aliphatic imine (C=N–C) groups is 1. The van der Waals surface area contributed by atoms with E-state index < -0.39 is 23.8 Å². The van der Waals surface area contributed by atoms with E-state index >= 15 is 0 Å². The van der Waals surface area contributed by atoms with Gasteiger partial charge in [0, 0.05) is 49.7 Å². The predicted molar refractivity (Wildman–Crippen MR) is 177 cm³/mol. The second-order valence-electron chi connectivity index (χ2n) is 11.5. The number of aromatic nitrogens is 2. The van der Waals surface area contributed by atoms with Gasteiger partial charge in [-0.1, -0.05) is 19.6 Å². The van der Waals surface area contributed by atoms with E-state index in [1.165, 1.54) is 12.3 Å². The van der Waals surface area contributed by atoms with Crippen molar-refractivity contribution in [1.82, 2.24) is 14.9 Å². The number of carbonyl (C=O) groups excluding carboxylic acids is 1. The first-order valence-electron chi connectivity index (χ1n) is 15.3. The van der Waals surface area contributed by atoms with Crippen molar-refractivity contribution in [3.63, 3.8) is 0 Å². The Labute approximate surface area is 270 Å². The summed E-state index contributed by atoms with van der Waals surface area (Å²) >= 11 is 0. The van der Waals surface area contributed by atoms with Gasteiger partial charge in [-0.05, 0) is 62.0 Å². The van der Waals surface area contributed by atoms with Crippen molar-refractivity contribution in [2.45, 2.75) is 32.6 Å². The number of nitrogens with two attached hydrogens (primary N) is 2. The zero-order chi connectivity index (χ0) is 33.9. The van der Waals surface area contributed by atoms with Gasteiger partial charge in [0.15, 0.2) is 11.7 Å². The first-order valence-corrected chi connectivity index (χ1v) is 15.3. The Bertz CT molecular complexity index is 1670. The minimum atomic E-state index is -4.60. The van der Waals surface area contributed by atoms with Crippen LogP contribution < -0.4 is 31.9 Å². The van der Waals surface area contributed by atoms with E-state index in [1.807, 2.05) is 11.8 Å². The van der Waals surface area contributed by atoms with Crippen LogP contribution in [0.25, 0.3) is 0 Å². The first-order chi connectivity index (χ1) is 22.4. The maximum Gasteiger partial charge on any atom is 0.416 e. The highest BCUT2D eigenvalue weighted by atomic mass is 19.4. The van der Waals surface area contributed by atoms with Crippen molar-refractivity contribution < 1.29 is 22.4 Å². The van der Waals surface area contributed by atoms with E-state index in [4.69, 9.17) is 11.5 Å². The molecule has 3 heterocycles. The standard InChI is InChI=1S/C32H38F4N10O/c1-4-39-26-27(42-31(43-28(26)37)46-9-8-22(33)18-46)29(38)41-25-14-20(7-6-19(25)3)30(47)40-23-15-21(32(34,35)36)16-24(17-23)45-12-10-44(5-2)11-13-45/h4,6-7,14-17,22,39H,1,5,8-13,18H2,2-3H3,(H2,38,41)(H,40,47)(H2,37,42,43)/t22-/m0/s1. The summed E-state index contributed by atoms with van der Waals surface area (Å²) < 4.78 is 55.5. The van der Waals surface area contributed by atoms with E-state index in [0.29, 0.717) is 43.0 Å². The van der Waals surface area contributed by atoms with Gasteiger partial charge in [0.2, 0.25) is 5.95 Å². The van der Waals surface area contributed by atoms with E-state index in [2.05, 4.69) is 37.1 Å². The second kappa shape index (κ2) is 13.8. The molecule has 5 rings (SSSR count). The SMILES string of the molecule is C=CNc1c(N)nc(N2CC[C@H](F)C2)nc1C(N)=Nc1cc(C(=O)Nc2cc(N3CCN(CC)CC3)cc(C(F)(F)F)c2)ccc1C. The maximum absolute atomic E-state index is 13.9. The fourth-order valence-corrected chi connectivity index (χ4v) is 5.55. The predicted octanol–water partition coefficient (Wildman–Crippen LogP) is 4.92. The van der Waals surface area contributed by atoms with E-state index in [0.717, 1.165) is 31.8 Å². The molecular formula is C32H38F4N10O. The highest BCUT2D eigenvalue weighted by Gasteiger charge is 2.32. The lowest BCUT2D eigenvalue weighted by atomic mass is 10.1. The molecule has 2 saturated heterocycles. The molecule has 250 valence electrons. The number of amides is 1. The second-order valence-corrected chi connectivity index (χ2v) is 11.5. The van der Waals surface area contributed by atoms with Gasteiger partial charge < -0.3 is 36.8 Å². The van der Waals surface area contributed by atoms with Crippen LogP contribution in [0.4, 0.5) is 52.1 Å². The molecule has 15 heteroatoms. The van der Waals surface area contributed by atoms with Crippen LogP contribution in [-0.4, -0.2) is 78.6 Å². The van der Waals surface area contributed by atoms with Crippen molar-refractivity contribution in [3.05, 3.63) is 71.6 Å². The Morgan fingerprint density at radius 1 is 1.11 bits per heavy atom. The molecular weight excluding hydrogens is 616 g/mol. The van der Waals surface area contributed by atoms with Crippen molar-refractivity contribution in [1.29, 1.82) is 0 Å². The molecule has 2 fully saturated rings. The van der Waals surface area contributed by atoms with Crippen LogP contribution in [0.3, 0.4) is 0 Å². The van der Waals surface area contributed by atoms with Crippen molar-refractivity contribution in [3.8, 4) is 0 Å². The van der Waals surface area contributed by atoms with Gasteiger partial charge >= 0.3 is 6.18 Å². The lowest BCUT2D eigenvalue weighted by molar-refractivity contribution is -0.137. The molecule has 11 nitrogen and oxygen atoms in total. The number of anilines is 5. The van der Waals surface area contributed by atoms with E-state index in [1.54, 1.807) is 30.0 Å². The number of likely N-dealkylation sites (N-methyl/N-ethyl adjacent to an activating group) is 1. The maximum atomic E-state index is 13.9. The zero-order valence-electron chi connectivity index (χ0n) is 26.2. The summed E-state index contributed by atoms with van der Waals surface area (Å²) in [4.78, 5) is 32.5. The molecule has 3 aromatic rings. The zero-order valence-corrected chi connectivity index (χ0v) is 26.2. The largest absolute Gasteiger partial charge is 0.416 e. The summed E-state index contributed by atoms with van der Waals surface area (Å²) in [6, 6.07) is 8.27. The Morgan fingerprint density at radius 3 is 2.49 bits per heavy atom. The van der Waals surface area contributed by atoms with Gasteiger partial charge in [0.1, 0.15) is 17.6 Å². The molecule has 0 aliphatic carbocycles. The minimum Gasteiger partial charge on any atom is -0.382 e. The molecule has 0 saturated carbocycles. The molecule has 47 heavy (non-hydrogen) atoms. The number of nitrogen functional groups attached to an aromatic ring is 1. The number of benzene rings is 2. The fraction of sp³-hybridized carbons (Fsp3) is 0.375. The van der Waals surface area contributed by atoms with Gasteiger partial charge in [-0.25, -0.2) is 14.4 Å². The van der Waals surface area contributed by atoms with Crippen molar-refractivity contribution in [2.75, 3.05) is 72.0 Å². The fourth-order valence-electron chi connectivity index (χ4n) is 5.55. The molecule has 2 aliphatic rings. The van der Waals surface area contributed by atoms with Crippen LogP contribution in [-0.2, 0) is 6.18 Å². The highest BCUT2D eigenvalue weighted by molar-refractivity contribution is 6.06. The normalized spacial score (nSPS) is 17.6. The number of alkyl halides is 4. The summed E-state index contributed by atoms with van der Waals surface area (Å²) in [6.07, 6.45) is -3.91. The van der Waals surface area contributed by atoms with Gasteiger partial charge in [-0.15, -0.1) is 0 Å². The van der Waals surface area contributed by atoms with E-state index in [9.17, 15) is 22.4 Å². The summed E-state index contributed by atoms with van der Waals surface area (Å²) in [5, 5.41) is 5.50. The van der Waals surface area contributed by atoms with Crippen LogP contribution in [0.1, 0.15) is 40.5 Å². The topological polar surface area (TPSA) is 141 Å². The summed E-state index contributed by atoms with van der Waals surface area (Å²) in [5.41, 5.74) is 13.7. The third-order valence-electron chi connectivity index (χ3n) is 8.23. The third-order valence-corrected chi connectivity index (χ3v) is 8.23. The minimum absolute atomic E-state index is 0.0180. The molecule has 1 amide bonds. The van der Waals surface area contributed by atoms with Crippen LogP contribution in [0.5, 0.6) is 0 Å². The molecule has 0 unspecified atom stereocenters. The molecule has 0 radical (unpaired) electrons. The van der Waals surface area contributed by atoms with Crippen LogP contribution in [0, 0.1) is 6.92 Å². The number of hydrogen-bond acceptors (Lipinski definition) is 9. The highest BCUT2D eigenvalue weighted by Crippen LogP contribution is 2.35. The lowest BCUT2D eigenvalue weighted by Gasteiger charge is -2.36. The Kier molecular flexibility index (Phi) is 9.84. The molecule has 0 spiro atoms. The van der Waals surface area contributed by atoms with Gasteiger partial charge in [0.05, 0.1) is 17.8 Å². The third kappa shape index (κ3) is 7.73. The molecule has 1 atom stereocenters. The summed E-state index contributed by atoms with van der Waals surface area (Å²) in [7, 11) is 0. The summed E-state index contributed by atoms with van der Waals surface area (Å²) in [6.45, 7) is 11.5. The summed E-state index contributed by atoms with van der Waals surface area (Å²) in [5.74, 6) is -0.434. The number of hydrogen-bond donors (Lipinski definition) is 4. The molecule has 2 aromatic carbocycles. The quantitative estimate of drug-likeness (QED) is 0.144. The number of rotatable bonds is 9. The average molecular weight is 655 g/mol. The molecule has 0 bridgehead atoms. The van der Waals surface area contributed by atoms with Gasteiger partial charge in [-0.2, -0.15) is 18.2 Å². The van der Waals surface area contributed by atoms with Crippen molar-refractivity contribution >= 4 is 46.3 Å². The molecule has 2 aliphatic heterocycles. The Morgan fingerprint density at radius 2 is 1.85 bits per heavy atom. The number of halogens is 4. The number of amidine groups is 1. The Balaban J connectivity index is 1.43. The Hall–Kier alpha value is -4.92. The van der Waals surface area contributed by atoms with Gasteiger partial charge in [0.25, 0.3) is 5.91 Å². The number of nitrogens with one attached hydrogen (secondary N) is 2. The first kappa shape index (κ1) is 33.4.